The minimum Gasteiger partial charge on any atom is -0.373 e. The van der Waals surface area contributed by atoms with Crippen molar-refractivity contribution in [3.05, 3.63) is 117 Å². The van der Waals surface area contributed by atoms with Crippen LogP contribution in [0.25, 0.3) is 11.6 Å². The van der Waals surface area contributed by atoms with E-state index in [1.54, 1.807) is 0 Å². The Hall–Kier alpha value is -3.94. The van der Waals surface area contributed by atoms with Gasteiger partial charge in [0, 0.05) is 34.2 Å². The number of aryl methyl sites for hydroxylation is 8. The van der Waals surface area contributed by atoms with Gasteiger partial charge < -0.3 is 23.2 Å². The minimum absolute atomic E-state index is 0.00793. The second kappa shape index (κ2) is 12.7. The van der Waals surface area contributed by atoms with Crippen molar-refractivity contribution in [2.75, 3.05) is 6.61 Å². The lowest BCUT2D eigenvalue weighted by molar-refractivity contribution is -0.0214. The van der Waals surface area contributed by atoms with E-state index in [0.29, 0.717) is 19.8 Å². The third-order valence-electron chi connectivity index (χ3n) is 8.25. The van der Waals surface area contributed by atoms with Gasteiger partial charge in [-0.15, -0.1) is 0 Å². The van der Waals surface area contributed by atoms with Gasteiger partial charge in [0.15, 0.2) is 0 Å². The Bertz CT molecular complexity index is 1670. The van der Waals surface area contributed by atoms with Crippen molar-refractivity contribution < 1.29 is 9.47 Å². The minimum atomic E-state index is -0.114. The van der Waals surface area contributed by atoms with Gasteiger partial charge in [-0.2, -0.15) is 0 Å². The fourth-order valence-corrected chi connectivity index (χ4v) is 6.11. The summed E-state index contributed by atoms with van der Waals surface area (Å²) in [4.78, 5) is 9.92. The van der Waals surface area contributed by atoms with Gasteiger partial charge in [-0.1, -0.05) is 0 Å². The smallest absolute Gasteiger partial charge is 0.137 e. The van der Waals surface area contributed by atoms with Crippen molar-refractivity contribution in [1.82, 2.24) is 23.7 Å². The molecule has 0 aliphatic heterocycles. The quantitative estimate of drug-likeness (QED) is 0.161. The van der Waals surface area contributed by atoms with E-state index in [9.17, 15) is 0 Å². The molecule has 0 bridgehead atoms. The van der Waals surface area contributed by atoms with Crippen LogP contribution in [0.3, 0.4) is 0 Å². The topological polar surface area (TPSA) is 59.0 Å². The molecule has 0 unspecified atom stereocenters. The molecule has 0 saturated heterocycles. The van der Waals surface area contributed by atoms with Crippen molar-refractivity contribution >= 4 is 0 Å². The first-order valence-corrected chi connectivity index (χ1v) is 15.1. The van der Waals surface area contributed by atoms with Gasteiger partial charge >= 0.3 is 0 Å². The van der Waals surface area contributed by atoms with Crippen LogP contribution in [-0.4, -0.2) is 36.4 Å². The summed E-state index contributed by atoms with van der Waals surface area (Å²) in [5, 5.41) is 0. The number of ether oxygens (including phenoxy) is 2. The SMILES string of the molecule is Cc1cc(COC[C@H]([C@H](C)OCc2cc(C)cc(-n3c(C)ccc3C)n2)n2c(C)ccc2C)nc(-n2c(C)ccc2C)c1. The van der Waals surface area contributed by atoms with Crippen LogP contribution in [0.2, 0.25) is 0 Å². The van der Waals surface area contributed by atoms with Crippen molar-refractivity contribution in [3.8, 4) is 11.6 Å². The number of hydrogen-bond donors (Lipinski definition) is 0. The summed E-state index contributed by atoms with van der Waals surface area (Å²) in [6.45, 7) is 20.4. The molecular weight excluding hydrogens is 534 g/mol. The predicted octanol–water partition coefficient (Wildman–Crippen LogP) is 7.69. The van der Waals surface area contributed by atoms with Gasteiger partial charge in [-0.05, 0) is 134 Å². The van der Waals surface area contributed by atoms with Gasteiger partial charge in [0.1, 0.15) is 11.6 Å². The molecular formula is C36H45N5O2. The summed E-state index contributed by atoms with van der Waals surface area (Å²) in [5.74, 6) is 1.86. The van der Waals surface area contributed by atoms with E-state index in [2.05, 4.69) is 137 Å². The highest BCUT2D eigenvalue weighted by molar-refractivity contribution is 5.37. The second-order valence-corrected chi connectivity index (χ2v) is 12.0. The van der Waals surface area contributed by atoms with Crippen LogP contribution in [0.5, 0.6) is 0 Å². The van der Waals surface area contributed by atoms with Gasteiger partial charge in [0.2, 0.25) is 0 Å². The molecule has 0 aliphatic rings. The normalized spacial score (nSPS) is 13.0. The summed E-state index contributed by atoms with van der Waals surface area (Å²) in [6, 6.07) is 21.3. The predicted molar refractivity (Wildman–Crippen MR) is 172 cm³/mol. The van der Waals surface area contributed by atoms with Gasteiger partial charge in [-0.3, -0.25) is 0 Å². The molecule has 0 saturated carbocycles. The highest BCUT2D eigenvalue weighted by Crippen LogP contribution is 2.24. The van der Waals surface area contributed by atoms with Crippen molar-refractivity contribution in [3.63, 3.8) is 0 Å². The first-order chi connectivity index (χ1) is 20.5. The standard InChI is InChI=1S/C36H45N5O2/c1-23-16-32(37-35(18-23)40-27(5)12-13-28(40)6)20-42-22-34(39-25(3)10-11-26(39)4)31(9)43-21-33-17-24(2)19-36(38-33)41-29(7)14-15-30(41)8/h10-19,31,34H,20-22H2,1-9H3/t31-,34+/m0/s1. The molecule has 5 rings (SSSR count). The van der Waals surface area contributed by atoms with Crippen LogP contribution in [0.4, 0.5) is 0 Å². The highest BCUT2D eigenvalue weighted by atomic mass is 16.5. The third kappa shape index (κ3) is 6.68. The maximum Gasteiger partial charge on any atom is 0.137 e. The lowest BCUT2D eigenvalue weighted by Crippen LogP contribution is -2.30. The average molecular weight is 580 g/mol. The molecule has 226 valence electrons. The molecule has 5 aromatic heterocycles. The van der Waals surface area contributed by atoms with E-state index < -0.39 is 0 Å². The van der Waals surface area contributed by atoms with Crippen molar-refractivity contribution in [2.45, 2.75) is 87.7 Å². The maximum atomic E-state index is 6.54. The number of hydrogen-bond acceptors (Lipinski definition) is 4. The van der Waals surface area contributed by atoms with Gasteiger partial charge in [0.05, 0.1) is 43.4 Å². The Morgan fingerprint density at radius 1 is 0.581 bits per heavy atom. The highest BCUT2D eigenvalue weighted by Gasteiger charge is 2.23. The molecule has 7 heteroatoms. The Labute approximate surface area is 256 Å². The largest absolute Gasteiger partial charge is 0.373 e. The van der Waals surface area contributed by atoms with Gasteiger partial charge in [0.25, 0.3) is 0 Å². The number of pyridine rings is 2. The molecule has 0 radical (unpaired) electrons. The molecule has 0 fully saturated rings. The summed E-state index contributed by atoms with van der Waals surface area (Å²) in [6.07, 6.45) is -0.114. The van der Waals surface area contributed by atoms with Crippen LogP contribution in [-0.2, 0) is 22.7 Å². The molecule has 0 aliphatic carbocycles. The van der Waals surface area contributed by atoms with E-state index in [1.807, 2.05) is 0 Å². The fraction of sp³-hybridized carbons (Fsp3) is 0.389. The van der Waals surface area contributed by atoms with E-state index in [-0.39, 0.29) is 12.1 Å². The van der Waals surface area contributed by atoms with E-state index >= 15 is 0 Å². The molecule has 0 spiro atoms. The van der Waals surface area contributed by atoms with Crippen LogP contribution < -0.4 is 0 Å². The molecule has 7 nitrogen and oxygen atoms in total. The maximum absolute atomic E-state index is 6.54. The monoisotopic (exact) mass is 579 g/mol. The lowest BCUT2D eigenvalue weighted by Gasteiger charge is -2.28. The van der Waals surface area contributed by atoms with Gasteiger partial charge in [-0.25, -0.2) is 9.97 Å². The number of nitrogens with zero attached hydrogens (tertiary/aromatic N) is 5. The number of aromatic nitrogens is 5. The van der Waals surface area contributed by atoms with Crippen LogP contribution in [0.15, 0.2) is 60.7 Å². The molecule has 2 atom stereocenters. The zero-order chi connectivity index (χ0) is 30.8. The molecule has 5 heterocycles. The molecule has 0 amide bonds. The van der Waals surface area contributed by atoms with Crippen molar-refractivity contribution in [1.29, 1.82) is 0 Å². The lowest BCUT2D eigenvalue weighted by atomic mass is 10.1. The van der Waals surface area contributed by atoms with E-state index in [4.69, 9.17) is 19.4 Å². The average Bonchev–Trinajstić information content (AvgIpc) is 3.59. The van der Waals surface area contributed by atoms with Crippen molar-refractivity contribution in [2.24, 2.45) is 0 Å². The molecule has 0 aromatic carbocycles. The zero-order valence-electron chi connectivity index (χ0n) is 27.1. The van der Waals surface area contributed by atoms with Crippen LogP contribution in [0, 0.1) is 55.4 Å². The van der Waals surface area contributed by atoms with E-state index in [0.717, 1.165) is 34.2 Å². The Kier molecular flexibility index (Phi) is 9.04. The first-order valence-electron chi connectivity index (χ1n) is 15.1. The second-order valence-electron chi connectivity index (χ2n) is 12.0. The zero-order valence-corrected chi connectivity index (χ0v) is 27.1. The molecule has 0 N–H and O–H groups in total. The summed E-state index contributed by atoms with van der Waals surface area (Å²) in [7, 11) is 0. The summed E-state index contributed by atoms with van der Waals surface area (Å²) < 4.78 is 19.6. The summed E-state index contributed by atoms with van der Waals surface area (Å²) in [5.41, 5.74) is 11.2. The molecule has 43 heavy (non-hydrogen) atoms. The number of rotatable bonds is 11. The van der Waals surface area contributed by atoms with Crippen LogP contribution in [0.1, 0.15) is 69.6 Å². The van der Waals surface area contributed by atoms with Crippen LogP contribution >= 0.6 is 0 Å². The molecule has 5 aromatic rings. The Balaban J connectivity index is 1.32. The Morgan fingerprint density at radius 3 is 1.47 bits per heavy atom. The summed E-state index contributed by atoms with van der Waals surface area (Å²) >= 11 is 0. The third-order valence-corrected chi connectivity index (χ3v) is 8.25. The first kappa shape index (κ1) is 30.5. The van der Waals surface area contributed by atoms with E-state index in [1.165, 1.54) is 34.2 Å². The Morgan fingerprint density at radius 2 is 1.00 bits per heavy atom. The fourth-order valence-electron chi connectivity index (χ4n) is 6.11.